The minimum absolute atomic E-state index is 0.0704. The van der Waals surface area contributed by atoms with Gasteiger partial charge in [-0.15, -0.1) is 11.3 Å². The van der Waals surface area contributed by atoms with Gasteiger partial charge >= 0.3 is 0 Å². The molecule has 0 bridgehead atoms. The lowest BCUT2D eigenvalue weighted by Crippen LogP contribution is -2.16. The van der Waals surface area contributed by atoms with Gasteiger partial charge in [0.05, 0.1) is 11.3 Å². The Kier molecular flexibility index (Phi) is 5.62. The number of nitrogens with two attached hydrogens (primary N) is 3. The van der Waals surface area contributed by atoms with Gasteiger partial charge in [-0.05, 0) is 6.42 Å². The summed E-state index contributed by atoms with van der Waals surface area (Å²) in [5.74, 6) is -1.30. The average Bonchev–Trinajstić information content (AvgIpc) is 2.66. The van der Waals surface area contributed by atoms with E-state index in [1.54, 1.807) is 0 Å². The van der Waals surface area contributed by atoms with Gasteiger partial charge in [0.2, 0.25) is 0 Å². The minimum Gasteiger partial charge on any atom is -0.397 e. The molecule has 1 aromatic rings. The molecule has 0 aliphatic carbocycles. The Labute approximate surface area is 116 Å². The van der Waals surface area contributed by atoms with E-state index in [1.807, 2.05) is 0 Å². The summed E-state index contributed by atoms with van der Waals surface area (Å²) in [5, 5.41) is 3.62. The third-order valence-electron chi connectivity index (χ3n) is 2.73. The Morgan fingerprint density at radius 1 is 1.16 bits per heavy atom. The molecule has 2 amide bonds. The van der Waals surface area contributed by atoms with Crippen molar-refractivity contribution >= 4 is 33.8 Å². The van der Waals surface area contributed by atoms with E-state index < -0.39 is 11.8 Å². The number of carbonyl (C=O) groups excluding carboxylic acids is 2. The number of nitrogens with one attached hydrogen (secondary N) is 1. The summed E-state index contributed by atoms with van der Waals surface area (Å²) in [6.45, 7) is 2.84. The van der Waals surface area contributed by atoms with Crippen LogP contribution in [0.2, 0.25) is 0 Å². The second-order valence-corrected chi connectivity index (χ2v) is 5.29. The highest BCUT2D eigenvalue weighted by atomic mass is 32.1. The van der Waals surface area contributed by atoms with Gasteiger partial charge in [0.15, 0.2) is 0 Å². The SMILES string of the molecule is CCCCCCNc1sc(C(N)=O)c(N)c1C(N)=O. The van der Waals surface area contributed by atoms with Crippen molar-refractivity contribution in [2.75, 3.05) is 17.6 Å². The van der Waals surface area contributed by atoms with Crippen molar-refractivity contribution in [3.05, 3.63) is 10.4 Å². The smallest absolute Gasteiger partial charge is 0.260 e. The summed E-state index contributed by atoms with van der Waals surface area (Å²) < 4.78 is 0. The minimum atomic E-state index is -0.655. The van der Waals surface area contributed by atoms with E-state index in [1.165, 1.54) is 6.42 Å². The van der Waals surface area contributed by atoms with Gasteiger partial charge in [0.1, 0.15) is 9.88 Å². The number of amides is 2. The van der Waals surface area contributed by atoms with Crippen molar-refractivity contribution in [1.82, 2.24) is 0 Å². The molecule has 7 N–H and O–H groups in total. The van der Waals surface area contributed by atoms with E-state index in [0.717, 1.165) is 30.6 Å². The van der Waals surface area contributed by atoms with Crippen molar-refractivity contribution < 1.29 is 9.59 Å². The molecule has 0 unspecified atom stereocenters. The van der Waals surface area contributed by atoms with E-state index in [2.05, 4.69) is 12.2 Å². The van der Waals surface area contributed by atoms with E-state index in [4.69, 9.17) is 17.2 Å². The number of thiophene rings is 1. The van der Waals surface area contributed by atoms with Gasteiger partial charge in [-0.3, -0.25) is 9.59 Å². The first-order chi connectivity index (χ1) is 8.99. The van der Waals surface area contributed by atoms with Crippen LogP contribution >= 0.6 is 11.3 Å². The van der Waals surface area contributed by atoms with Gasteiger partial charge in [0.25, 0.3) is 11.8 Å². The quantitative estimate of drug-likeness (QED) is 0.540. The lowest BCUT2D eigenvalue weighted by Gasteiger charge is -2.05. The fourth-order valence-corrected chi connectivity index (χ4v) is 2.75. The maximum atomic E-state index is 11.4. The first-order valence-corrected chi connectivity index (χ1v) is 7.06. The Hall–Kier alpha value is -1.76. The van der Waals surface area contributed by atoms with Gasteiger partial charge < -0.3 is 22.5 Å². The van der Waals surface area contributed by atoms with Crippen LogP contribution in [0, 0.1) is 0 Å². The normalized spacial score (nSPS) is 10.4. The van der Waals surface area contributed by atoms with Crippen molar-refractivity contribution in [3.63, 3.8) is 0 Å². The van der Waals surface area contributed by atoms with Crippen LogP contribution in [-0.4, -0.2) is 18.4 Å². The summed E-state index contributed by atoms with van der Waals surface area (Å²) in [5.41, 5.74) is 16.4. The highest BCUT2D eigenvalue weighted by Crippen LogP contribution is 2.35. The number of nitrogen functional groups attached to an aromatic ring is 1. The lowest BCUT2D eigenvalue weighted by atomic mass is 10.2. The summed E-state index contributed by atoms with van der Waals surface area (Å²) >= 11 is 1.07. The molecule has 0 spiro atoms. The Morgan fingerprint density at radius 2 is 1.84 bits per heavy atom. The maximum Gasteiger partial charge on any atom is 0.260 e. The molecule has 6 nitrogen and oxygen atoms in total. The standard InChI is InChI=1S/C12H20N4O2S/c1-2-3-4-5-6-16-12-7(10(14)17)8(13)9(19-12)11(15)18/h16H,2-6,13H2,1H3,(H2,14,17)(H2,15,18). The Bertz CT molecular complexity index is 471. The molecule has 0 atom stereocenters. The fraction of sp³-hybridized carbons (Fsp3) is 0.500. The zero-order valence-electron chi connectivity index (χ0n) is 11.0. The number of unbranched alkanes of at least 4 members (excludes halogenated alkanes) is 3. The van der Waals surface area contributed by atoms with E-state index >= 15 is 0 Å². The predicted molar refractivity (Wildman–Crippen MR) is 78.4 cm³/mol. The van der Waals surface area contributed by atoms with E-state index in [0.29, 0.717) is 11.5 Å². The van der Waals surface area contributed by atoms with Crippen LogP contribution in [0.3, 0.4) is 0 Å². The van der Waals surface area contributed by atoms with Gasteiger partial charge in [0, 0.05) is 6.54 Å². The van der Waals surface area contributed by atoms with Crippen LogP contribution in [0.1, 0.15) is 52.6 Å². The average molecular weight is 284 g/mol. The monoisotopic (exact) mass is 284 g/mol. The number of anilines is 2. The Balaban J connectivity index is 2.79. The van der Waals surface area contributed by atoms with Crippen molar-refractivity contribution in [2.45, 2.75) is 32.6 Å². The zero-order valence-corrected chi connectivity index (χ0v) is 11.8. The molecular weight excluding hydrogens is 264 g/mol. The number of rotatable bonds is 8. The molecule has 0 fully saturated rings. The van der Waals surface area contributed by atoms with Gasteiger partial charge in [-0.25, -0.2) is 0 Å². The third-order valence-corrected chi connectivity index (χ3v) is 3.91. The van der Waals surface area contributed by atoms with Crippen LogP contribution in [0.25, 0.3) is 0 Å². The van der Waals surface area contributed by atoms with Crippen molar-refractivity contribution in [3.8, 4) is 0 Å². The summed E-state index contributed by atoms with van der Waals surface area (Å²) in [7, 11) is 0. The lowest BCUT2D eigenvalue weighted by molar-refractivity contribution is 0.0999. The zero-order chi connectivity index (χ0) is 14.4. The molecule has 1 aromatic heterocycles. The third kappa shape index (κ3) is 3.85. The van der Waals surface area contributed by atoms with Crippen molar-refractivity contribution in [1.29, 1.82) is 0 Å². The first kappa shape index (κ1) is 15.3. The van der Waals surface area contributed by atoms with Crippen LogP contribution in [0.4, 0.5) is 10.7 Å². The molecule has 106 valence electrons. The number of hydrogen-bond acceptors (Lipinski definition) is 5. The summed E-state index contributed by atoms with van der Waals surface area (Å²) in [6, 6.07) is 0. The second-order valence-electron chi connectivity index (χ2n) is 4.26. The van der Waals surface area contributed by atoms with Crippen LogP contribution in [0.5, 0.6) is 0 Å². The molecule has 0 aliphatic rings. The van der Waals surface area contributed by atoms with E-state index in [-0.39, 0.29) is 16.1 Å². The van der Waals surface area contributed by atoms with Crippen LogP contribution in [-0.2, 0) is 0 Å². The number of hydrogen-bond donors (Lipinski definition) is 4. The number of carbonyl (C=O) groups is 2. The molecule has 0 radical (unpaired) electrons. The molecule has 0 aromatic carbocycles. The molecule has 0 aliphatic heterocycles. The van der Waals surface area contributed by atoms with Crippen molar-refractivity contribution in [2.24, 2.45) is 11.5 Å². The van der Waals surface area contributed by atoms with Crippen LogP contribution in [0.15, 0.2) is 0 Å². The molecule has 7 heteroatoms. The highest BCUT2D eigenvalue weighted by Gasteiger charge is 2.22. The van der Waals surface area contributed by atoms with Crippen LogP contribution < -0.4 is 22.5 Å². The fourth-order valence-electron chi connectivity index (χ4n) is 1.75. The van der Waals surface area contributed by atoms with Gasteiger partial charge in [-0.2, -0.15) is 0 Å². The topological polar surface area (TPSA) is 124 Å². The second kappa shape index (κ2) is 6.98. The molecule has 0 saturated carbocycles. The molecular formula is C12H20N4O2S. The summed E-state index contributed by atoms with van der Waals surface area (Å²) in [4.78, 5) is 22.7. The Morgan fingerprint density at radius 3 is 2.37 bits per heavy atom. The predicted octanol–water partition coefficient (Wildman–Crippen LogP) is 1.52. The van der Waals surface area contributed by atoms with E-state index in [9.17, 15) is 9.59 Å². The van der Waals surface area contributed by atoms with Gasteiger partial charge in [-0.1, -0.05) is 26.2 Å². The number of primary amides is 2. The molecule has 19 heavy (non-hydrogen) atoms. The molecule has 0 saturated heterocycles. The summed E-state index contributed by atoms with van der Waals surface area (Å²) in [6.07, 6.45) is 4.42. The largest absolute Gasteiger partial charge is 0.397 e. The molecule has 1 rings (SSSR count). The first-order valence-electron chi connectivity index (χ1n) is 6.24. The highest BCUT2D eigenvalue weighted by molar-refractivity contribution is 7.19. The maximum absolute atomic E-state index is 11.4. The molecule has 1 heterocycles.